The lowest BCUT2D eigenvalue weighted by molar-refractivity contribution is -0.162. The van der Waals surface area contributed by atoms with Gasteiger partial charge in [-0.05, 0) is 75.0 Å². The summed E-state index contributed by atoms with van der Waals surface area (Å²) < 4.78 is 64.4. The monoisotopic (exact) mass is 484 g/mol. The second-order valence-electron chi connectivity index (χ2n) is 8.44. The molecule has 2 N–H and O–H groups in total. The van der Waals surface area contributed by atoms with E-state index >= 15 is 0 Å². The summed E-state index contributed by atoms with van der Waals surface area (Å²) in [7, 11) is 2.05. The van der Waals surface area contributed by atoms with Gasteiger partial charge in [0.25, 0.3) is 0 Å². The van der Waals surface area contributed by atoms with Crippen LogP contribution in [0.1, 0.15) is 59.8 Å². The minimum Gasteiger partial charge on any atom is -0.399 e. The van der Waals surface area contributed by atoms with Gasteiger partial charge in [0.15, 0.2) is 11.6 Å². The van der Waals surface area contributed by atoms with E-state index in [0.29, 0.717) is 12.0 Å². The molecule has 1 unspecified atom stereocenters. The minimum absolute atomic E-state index is 0.124. The highest BCUT2D eigenvalue weighted by molar-refractivity contribution is 5.50. The Labute approximate surface area is 200 Å². The third kappa shape index (κ3) is 9.35. The van der Waals surface area contributed by atoms with Gasteiger partial charge in [-0.3, -0.25) is 0 Å². The summed E-state index contributed by atoms with van der Waals surface area (Å²) in [5.74, 6) is -3.18. The van der Waals surface area contributed by atoms with Gasteiger partial charge < -0.3 is 10.6 Å². The first-order chi connectivity index (χ1) is 15.9. The van der Waals surface area contributed by atoms with Crippen molar-refractivity contribution in [1.82, 2.24) is 4.90 Å². The summed E-state index contributed by atoms with van der Waals surface area (Å²) in [4.78, 5) is 2.20. The predicted octanol–water partition coefficient (Wildman–Crippen LogP) is 8.35. The first-order valence-corrected chi connectivity index (χ1v) is 11.7. The molecule has 1 saturated heterocycles. The number of hydrogen-bond acceptors (Lipinski definition) is 2. The van der Waals surface area contributed by atoms with E-state index in [9.17, 15) is 22.0 Å². The van der Waals surface area contributed by atoms with Crippen LogP contribution in [-0.2, 0) is 0 Å². The van der Waals surface area contributed by atoms with Gasteiger partial charge in [0.1, 0.15) is 0 Å². The first kappa shape index (κ1) is 29.5. The summed E-state index contributed by atoms with van der Waals surface area (Å²) in [5, 5.41) is 0. The van der Waals surface area contributed by atoms with E-state index in [2.05, 4.69) is 11.0 Å². The zero-order valence-corrected chi connectivity index (χ0v) is 20.8. The van der Waals surface area contributed by atoms with Crippen molar-refractivity contribution in [2.75, 3.05) is 19.3 Å². The van der Waals surface area contributed by atoms with E-state index in [0.717, 1.165) is 49.1 Å². The molecule has 1 heterocycles. The lowest BCUT2D eigenvalue weighted by atomic mass is 9.92. The number of alkyl halides is 3. The second kappa shape index (κ2) is 14.0. The third-order valence-corrected chi connectivity index (χ3v) is 5.72. The van der Waals surface area contributed by atoms with Crippen molar-refractivity contribution in [3.05, 3.63) is 76.6 Å². The SMILES string of the molecule is C/C=C\C(=C/C(CCC)C(F)(F)F)C(/C=C1/CCCN1C)=C(C)CC.Nc1ccc(F)c(F)c1. The van der Waals surface area contributed by atoms with Gasteiger partial charge in [0, 0.05) is 25.0 Å². The fourth-order valence-electron chi connectivity index (χ4n) is 3.62. The summed E-state index contributed by atoms with van der Waals surface area (Å²) in [6.07, 6.45) is 6.50. The summed E-state index contributed by atoms with van der Waals surface area (Å²) >= 11 is 0. The Hall–Kier alpha value is -2.57. The van der Waals surface area contributed by atoms with E-state index in [1.807, 2.05) is 40.0 Å². The largest absolute Gasteiger partial charge is 0.399 e. The standard InChI is InChI=1S/C21H32F3N.C6H5F2N/c1-6-10-17(14-18(11-7-2)21(22,23)24)20(16(4)8-3)15-19-12-9-13-25(19)5;7-5-2-1-4(9)3-6(5)8/h6,10,14-15,18H,7-9,11-13H2,1-5H3;1-3H,9H2/b10-6-,17-14+,19-15-,20-16?;. The second-order valence-corrected chi connectivity index (χ2v) is 8.44. The van der Waals surface area contributed by atoms with Crippen LogP contribution in [0.2, 0.25) is 0 Å². The Balaban J connectivity index is 0.000000533. The molecule has 0 spiro atoms. The van der Waals surface area contributed by atoms with Crippen LogP contribution in [0.4, 0.5) is 27.6 Å². The molecule has 2 rings (SSSR count). The molecule has 190 valence electrons. The number of halogens is 5. The van der Waals surface area contributed by atoms with Gasteiger partial charge in [-0.2, -0.15) is 13.2 Å². The minimum atomic E-state index is -4.20. The van der Waals surface area contributed by atoms with Crippen molar-refractivity contribution in [2.24, 2.45) is 5.92 Å². The first-order valence-electron chi connectivity index (χ1n) is 11.7. The van der Waals surface area contributed by atoms with Crippen LogP contribution in [0.25, 0.3) is 0 Å². The summed E-state index contributed by atoms with van der Waals surface area (Å²) in [6.45, 7) is 8.72. The topological polar surface area (TPSA) is 29.3 Å². The van der Waals surface area contributed by atoms with Crippen LogP contribution in [0.3, 0.4) is 0 Å². The maximum Gasteiger partial charge on any atom is 0.395 e. The molecule has 1 aliphatic rings. The molecule has 7 heteroatoms. The number of likely N-dealkylation sites (tertiary alicyclic amines) is 1. The number of nitrogen functional groups attached to an aromatic ring is 1. The van der Waals surface area contributed by atoms with E-state index in [1.165, 1.54) is 17.8 Å². The molecule has 0 bridgehead atoms. The Morgan fingerprint density at radius 1 is 1.18 bits per heavy atom. The number of anilines is 1. The van der Waals surface area contributed by atoms with Gasteiger partial charge in [0.05, 0.1) is 5.92 Å². The highest BCUT2D eigenvalue weighted by Gasteiger charge is 2.37. The summed E-state index contributed by atoms with van der Waals surface area (Å²) in [5.41, 5.74) is 9.30. The molecular formula is C27H37F5N2. The average molecular weight is 485 g/mol. The molecule has 1 atom stereocenters. The van der Waals surface area contributed by atoms with Crippen LogP contribution in [0, 0.1) is 17.6 Å². The van der Waals surface area contributed by atoms with Gasteiger partial charge in [-0.1, -0.05) is 44.1 Å². The van der Waals surface area contributed by atoms with E-state index in [1.54, 1.807) is 6.92 Å². The number of allylic oxidation sites excluding steroid dienone is 8. The predicted molar refractivity (Wildman–Crippen MR) is 131 cm³/mol. The number of benzene rings is 1. The van der Waals surface area contributed by atoms with Crippen LogP contribution in [-0.4, -0.2) is 24.7 Å². The normalized spacial score (nSPS) is 17.6. The van der Waals surface area contributed by atoms with Gasteiger partial charge >= 0.3 is 6.18 Å². The molecule has 0 radical (unpaired) electrons. The van der Waals surface area contributed by atoms with Crippen LogP contribution in [0.5, 0.6) is 0 Å². The van der Waals surface area contributed by atoms with Crippen molar-refractivity contribution in [3.8, 4) is 0 Å². The maximum absolute atomic E-state index is 13.4. The van der Waals surface area contributed by atoms with Gasteiger partial charge in [-0.15, -0.1) is 0 Å². The molecule has 1 aliphatic heterocycles. The van der Waals surface area contributed by atoms with Crippen LogP contribution < -0.4 is 5.73 Å². The Morgan fingerprint density at radius 3 is 2.29 bits per heavy atom. The highest BCUT2D eigenvalue weighted by Crippen LogP contribution is 2.34. The molecule has 2 nitrogen and oxygen atoms in total. The summed E-state index contributed by atoms with van der Waals surface area (Å²) in [6, 6.07) is 3.23. The molecule has 0 amide bonds. The fraction of sp³-hybridized carbons (Fsp3) is 0.481. The molecule has 1 aromatic carbocycles. The zero-order chi connectivity index (χ0) is 25.9. The van der Waals surface area contributed by atoms with Crippen molar-refractivity contribution in [3.63, 3.8) is 0 Å². The lowest BCUT2D eigenvalue weighted by Gasteiger charge is -2.20. The number of rotatable bonds is 7. The quantitative estimate of drug-likeness (QED) is 0.239. The number of nitrogens with two attached hydrogens (primary N) is 1. The Bertz CT molecular complexity index is 910. The molecule has 0 aromatic heterocycles. The zero-order valence-electron chi connectivity index (χ0n) is 20.8. The van der Waals surface area contributed by atoms with Gasteiger partial charge in [-0.25, -0.2) is 8.78 Å². The molecule has 34 heavy (non-hydrogen) atoms. The average Bonchev–Trinajstić information content (AvgIpc) is 3.17. The Kier molecular flexibility index (Phi) is 12.1. The van der Waals surface area contributed by atoms with E-state index < -0.39 is 23.7 Å². The van der Waals surface area contributed by atoms with E-state index in [-0.39, 0.29) is 12.1 Å². The molecule has 0 aliphatic carbocycles. The third-order valence-electron chi connectivity index (χ3n) is 5.72. The van der Waals surface area contributed by atoms with Crippen LogP contribution >= 0.6 is 0 Å². The van der Waals surface area contributed by atoms with Crippen LogP contribution in [0.15, 0.2) is 64.9 Å². The van der Waals surface area contributed by atoms with E-state index in [4.69, 9.17) is 5.73 Å². The maximum atomic E-state index is 13.4. The fourth-order valence-corrected chi connectivity index (χ4v) is 3.62. The molecule has 0 saturated carbocycles. The number of nitrogens with zero attached hydrogens (tertiary/aromatic N) is 1. The van der Waals surface area contributed by atoms with Crippen molar-refractivity contribution in [2.45, 2.75) is 66.0 Å². The molecule has 1 aromatic rings. The van der Waals surface area contributed by atoms with Crippen molar-refractivity contribution in [1.29, 1.82) is 0 Å². The van der Waals surface area contributed by atoms with Gasteiger partial charge in [0.2, 0.25) is 0 Å². The number of hydrogen-bond donors (Lipinski definition) is 1. The van der Waals surface area contributed by atoms with Crippen molar-refractivity contribution < 1.29 is 22.0 Å². The Morgan fingerprint density at radius 2 is 1.85 bits per heavy atom. The smallest absolute Gasteiger partial charge is 0.395 e. The molecule has 1 fully saturated rings. The highest BCUT2D eigenvalue weighted by atomic mass is 19.4. The molecular weight excluding hydrogens is 447 g/mol. The van der Waals surface area contributed by atoms with Crippen molar-refractivity contribution >= 4 is 5.69 Å². The lowest BCUT2D eigenvalue weighted by Crippen LogP contribution is -2.21.